The SMILES string of the molecule is CCC(c1n[nH]c(Cc2ccc(OC)c(OC)c2)n1)N1CCOCC1. The quantitative estimate of drug-likeness (QED) is 0.829. The molecule has 1 N–H and O–H groups in total. The molecular weight excluding hydrogens is 320 g/mol. The maximum absolute atomic E-state index is 5.44. The van der Waals surface area contributed by atoms with Crippen LogP contribution in [-0.4, -0.2) is 60.6 Å². The van der Waals surface area contributed by atoms with E-state index in [2.05, 4.69) is 22.0 Å². The first-order valence-corrected chi connectivity index (χ1v) is 8.69. The molecule has 1 aromatic carbocycles. The zero-order valence-corrected chi connectivity index (χ0v) is 15.1. The molecule has 1 unspecified atom stereocenters. The molecule has 1 aliphatic rings. The lowest BCUT2D eigenvalue weighted by Crippen LogP contribution is -2.39. The molecule has 7 nitrogen and oxygen atoms in total. The van der Waals surface area contributed by atoms with Crippen molar-refractivity contribution in [1.82, 2.24) is 20.1 Å². The second kappa shape index (κ2) is 8.31. The summed E-state index contributed by atoms with van der Waals surface area (Å²) in [4.78, 5) is 7.12. The molecule has 136 valence electrons. The third kappa shape index (κ3) is 4.11. The first-order chi connectivity index (χ1) is 12.2. The van der Waals surface area contributed by atoms with E-state index in [4.69, 9.17) is 19.2 Å². The summed E-state index contributed by atoms with van der Waals surface area (Å²) in [6, 6.07) is 6.14. The summed E-state index contributed by atoms with van der Waals surface area (Å²) in [5.74, 6) is 3.16. The minimum atomic E-state index is 0.235. The number of hydrogen-bond donors (Lipinski definition) is 1. The van der Waals surface area contributed by atoms with Gasteiger partial charge in [0, 0.05) is 19.5 Å². The van der Waals surface area contributed by atoms with Crippen LogP contribution in [0.3, 0.4) is 0 Å². The van der Waals surface area contributed by atoms with Gasteiger partial charge in [-0.3, -0.25) is 10.00 Å². The molecule has 0 aliphatic carbocycles. The molecule has 1 aromatic heterocycles. The Morgan fingerprint density at radius 1 is 1.20 bits per heavy atom. The van der Waals surface area contributed by atoms with E-state index in [1.807, 2.05) is 18.2 Å². The average molecular weight is 346 g/mol. The fourth-order valence-electron chi connectivity index (χ4n) is 3.22. The number of nitrogens with one attached hydrogen (secondary N) is 1. The van der Waals surface area contributed by atoms with Gasteiger partial charge >= 0.3 is 0 Å². The van der Waals surface area contributed by atoms with E-state index < -0.39 is 0 Å². The van der Waals surface area contributed by atoms with Crippen molar-refractivity contribution in [2.45, 2.75) is 25.8 Å². The van der Waals surface area contributed by atoms with E-state index in [1.165, 1.54) is 0 Å². The van der Waals surface area contributed by atoms with Crippen molar-refractivity contribution >= 4 is 0 Å². The second-order valence-electron chi connectivity index (χ2n) is 6.08. The van der Waals surface area contributed by atoms with Crippen LogP contribution in [0.5, 0.6) is 11.5 Å². The van der Waals surface area contributed by atoms with Crippen molar-refractivity contribution in [3.05, 3.63) is 35.4 Å². The second-order valence-corrected chi connectivity index (χ2v) is 6.08. The minimum absolute atomic E-state index is 0.235. The fourth-order valence-corrected chi connectivity index (χ4v) is 3.22. The number of ether oxygens (including phenoxy) is 3. The van der Waals surface area contributed by atoms with Gasteiger partial charge in [0.2, 0.25) is 0 Å². The Morgan fingerprint density at radius 3 is 2.64 bits per heavy atom. The molecule has 0 amide bonds. The monoisotopic (exact) mass is 346 g/mol. The number of hydrogen-bond acceptors (Lipinski definition) is 6. The molecule has 0 bridgehead atoms. The highest BCUT2D eigenvalue weighted by atomic mass is 16.5. The van der Waals surface area contributed by atoms with Crippen molar-refractivity contribution in [1.29, 1.82) is 0 Å². The normalized spacial score (nSPS) is 16.6. The van der Waals surface area contributed by atoms with Crippen LogP contribution < -0.4 is 9.47 Å². The highest BCUT2D eigenvalue weighted by Crippen LogP contribution is 2.28. The Hall–Kier alpha value is -2.12. The minimum Gasteiger partial charge on any atom is -0.493 e. The molecule has 0 radical (unpaired) electrons. The van der Waals surface area contributed by atoms with Crippen LogP contribution in [-0.2, 0) is 11.2 Å². The summed E-state index contributed by atoms with van der Waals surface area (Å²) in [5, 5.41) is 7.54. The predicted octanol–water partition coefficient (Wildman–Crippen LogP) is 2.20. The van der Waals surface area contributed by atoms with Crippen LogP contribution in [0.2, 0.25) is 0 Å². The van der Waals surface area contributed by atoms with Gasteiger partial charge in [0.05, 0.1) is 33.5 Å². The summed E-state index contributed by atoms with van der Waals surface area (Å²) < 4.78 is 16.1. The number of methoxy groups -OCH3 is 2. The third-order valence-electron chi connectivity index (χ3n) is 4.54. The molecule has 2 aromatic rings. The Balaban J connectivity index is 1.72. The molecule has 1 aliphatic heterocycles. The highest BCUT2D eigenvalue weighted by molar-refractivity contribution is 5.43. The molecule has 2 heterocycles. The molecule has 25 heavy (non-hydrogen) atoms. The van der Waals surface area contributed by atoms with E-state index >= 15 is 0 Å². The third-order valence-corrected chi connectivity index (χ3v) is 4.54. The van der Waals surface area contributed by atoms with Gasteiger partial charge in [0.1, 0.15) is 5.82 Å². The summed E-state index contributed by atoms with van der Waals surface area (Å²) in [6.45, 7) is 5.58. The summed E-state index contributed by atoms with van der Waals surface area (Å²) in [6.07, 6.45) is 1.65. The largest absolute Gasteiger partial charge is 0.493 e. The first-order valence-electron chi connectivity index (χ1n) is 8.69. The van der Waals surface area contributed by atoms with Crippen molar-refractivity contribution in [3.63, 3.8) is 0 Å². The molecule has 0 spiro atoms. The van der Waals surface area contributed by atoms with Gasteiger partial charge in [-0.25, -0.2) is 4.98 Å². The van der Waals surface area contributed by atoms with E-state index in [9.17, 15) is 0 Å². The molecule has 7 heteroatoms. The molecular formula is C18H26N4O3. The maximum atomic E-state index is 5.44. The lowest BCUT2D eigenvalue weighted by molar-refractivity contribution is 0.0134. The number of H-pyrrole nitrogens is 1. The fraction of sp³-hybridized carbons (Fsp3) is 0.556. The van der Waals surface area contributed by atoms with Gasteiger partial charge in [-0.05, 0) is 24.1 Å². The Kier molecular flexibility index (Phi) is 5.88. The van der Waals surface area contributed by atoms with Crippen LogP contribution in [0.1, 0.15) is 36.6 Å². The molecule has 0 saturated carbocycles. The van der Waals surface area contributed by atoms with Crippen molar-refractivity contribution in [2.75, 3.05) is 40.5 Å². The zero-order valence-electron chi connectivity index (χ0n) is 15.1. The number of aromatic nitrogens is 3. The van der Waals surface area contributed by atoms with Crippen LogP contribution in [0.15, 0.2) is 18.2 Å². The molecule has 1 fully saturated rings. The van der Waals surface area contributed by atoms with E-state index in [1.54, 1.807) is 14.2 Å². The van der Waals surface area contributed by atoms with Gasteiger partial charge in [0.15, 0.2) is 17.3 Å². The van der Waals surface area contributed by atoms with E-state index in [0.717, 1.165) is 61.4 Å². The van der Waals surface area contributed by atoms with Crippen LogP contribution in [0, 0.1) is 0 Å². The highest BCUT2D eigenvalue weighted by Gasteiger charge is 2.24. The van der Waals surface area contributed by atoms with E-state index in [-0.39, 0.29) is 6.04 Å². The molecule has 1 atom stereocenters. The Morgan fingerprint density at radius 2 is 1.96 bits per heavy atom. The van der Waals surface area contributed by atoms with Gasteiger partial charge < -0.3 is 14.2 Å². The van der Waals surface area contributed by atoms with Gasteiger partial charge in [-0.1, -0.05) is 13.0 Å². The Labute approximate surface area is 148 Å². The van der Waals surface area contributed by atoms with Crippen molar-refractivity contribution < 1.29 is 14.2 Å². The maximum Gasteiger partial charge on any atom is 0.167 e. The Bertz CT molecular complexity index is 683. The lowest BCUT2D eigenvalue weighted by Gasteiger charge is -2.32. The smallest absolute Gasteiger partial charge is 0.167 e. The number of morpholine rings is 1. The summed E-state index contributed by atoms with van der Waals surface area (Å²) in [5.41, 5.74) is 1.10. The summed E-state index contributed by atoms with van der Waals surface area (Å²) in [7, 11) is 3.28. The average Bonchev–Trinajstić information content (AvgIpc) is 3.11. The zero-order chi connectivity index (χ0) is 17.6. The van der Waals surface area contributed by atoms with Crippen molar-refractivity contribution in [3.8, 4) is 11.5 Å². The van der Waals surface area contributed by atoms with Crippen molar-refractivity contribution in [2.24, 2.45) is 0 Å². The van der Waals surface area contributed by atoms with Gasteiger partial charge in [-0.2, -0.15) is 5.10 Å². The van der Waals surface area contributed by atoms with Gasteiger partial charge in [-0.15, -0.1) is 0 Å². The predicted molar refractivity (Wildman–Crippen MR) is 94.2 cm³/mol. The number of nitrogens with zero attached hydrogens (tertiary/aromatic N) is 3. The van der Waals surface area contributed by atoms with Crippen LogP contribution in [0.4, 0.5) is 0 Å². The molecule has 3 rings (SSSR count). The first kappa shape index (κ1) is 17.7. The molecule has 1 saturated heterocycles. The lowest BCUT2D eigenvalue weighted by atomic mass is 10.1. The van der Waals surface area contributed by atoms with E-state index in [0.29, 0.717) is 6.42 Å². The van der Waals surface area contributed by atoms with Gasteiger partial charge in [0.25, 0.3) is 0 Å². The van der Waals surface area contributed by atoms with Crippen LogP contribution >= 0.6 is 0 Å². The number of aromatic amines is 1. The summed E-state index contributed by atoms with van der Waals surface area (Å²) >= 11 is 0. The topological polar surface area (TPSA) is 72.5 Å². The standard InChI is InChI=1S/C18H26N4O3/c1-4-14(22-7-9-25-10-8-22)18-19-17(20-21-18)12-13-5-6-15(23-2)16(11-13)24-3/h5-6,11,14H,4,7-10,12H2,1-3H3,(H,19,20,21). The number of rotatable bonds is 7. The van der Waals surface area contributed by atoms with Crippen LogP contribution in [0.25, 0.3) is 0 Å². The number of benzene rings is 1.